The molecule has 1 aromatic heterocycles. The standard InChI is InChI=1S/C16H14FN3O/c17-14-5-4-11(8-13(14)16(18)21)20-9-10-2-1-3-15-12(10)6-7-19-15/h1-8,19-20H,9H2,(H2,18,21). The van der Waals surface area contributed by atoms with Gasteiger partial charge in [-0.1, -0.05) is 12.1 Å². The Morgan fingerprint density at radius 1 is 1.24 bits per heavy atom. The maximum Gasteiger partial charge on any atom is 0.251 e. The molecule has 0 spiro atoms. The smallest absolute Gasteiger partial charge is 0.251 e. The minimum absolute atomic E-state index is 0.111. The van der Waals surface area contributed by atoms with Crippen LogP contribution in [0.15, 0.2) is 48.7 Å². The quantitative estimate of drug-likeness (QED) is 0.688. The van der Waals surface area contributed by atoms with Crippen LogP contribution in [-0.4, -0.2) is 10.9 Å². The van der Waals surface area contributed by atoms with E-state index in [1.54, 1.807) is 6.07 Å². The first-order valence-electron chi connectivity index (χ1n) is 6.53. The number of amides is 1. The fourth-order valence-corrected chi connectivity index (χ4v) is 2.33. The number of aromatic nitrogens is 1. The second-order valence-electron chi connectivity index (χ2n) is 4.77. The summed E-state index contributed by atoms with van der Waals surface area (Å²) in [6.45, 7) is 0.568. The Kier molecular flexibility index (Phi) is 3.31. The lowest BCUT2D eigenvalue weighted by Crippen LogP contribution is -2.13. The van der Waals surface area contributed by atoms with Gasteiger partial charge in [-0.05, 0) is 35.9 Å². The molecule has 0 saturated carbocycles. The lowest BCUT2D eigenvalue weighted by Gasteiger charge is -2.09. The van der Waals surface area contributed by atoms with Crippen molar-refractivity contribution in [3.8, 4) is 0 Å². The topological polar surface area (TPSA) is 70.9 Å². The molecule has 4 nitrogen and oxygen atoms in total. The number of carbonyl (C=O) groups excluding carboxylic acids is 1. The van der Waals surface area contributed by atoms with Gasteiger partial charge in [-0.25, -0.2) is 4.39 Å². The summed E-state index contributed by atoms with van der Waals surface area (Å²) in [6.07, 6.45) is 1.89. The van der Waals surface area contributed by atoms with Gasteiger partial charge in [-0.15, -0.1) is 0 Å². The number of nitrogens with one attached hydrogen (secondary N) is 2. The highest BCUT2D eigenvalue weighted by atomic mass is 19.1. The number of nitrogens with two attached hydrogens (primary N) is 1. The summed E-state index contributed by atoms with van der Waals surface area (Å²) in [5, 5.41) is 4.30. The number of halogens is 1. The van der Waals surface area contributed by atoms with Crippen molar-refractivity contribution in [2.24, 2.45) is 5.73 Å². The molecule has 0 unspecified atom stereocenters. The Hall–Kier alpha value is -2.82. The summed E-state index contributed by atoms with van der Waals surface area (Å²) in [5.74, 6) is -1.38. The fourth-order valence-electron chi connectivity index (χ4n) is 2.33. The number of hydrogen-bond donors (Lipinski definition) is 3. The molecule has 0 aliphatic carbocycles. The average Bonchev–Trinajstić information content (AvgIpc) is 2.95. The molecule has 0 saturated heterocycles. The summed E-state index contributed by atoms with van der Waals surface area (Å²) in [5.41, 5.74) is 7.85. The summed E-state index contributed by atoms with van der Waals surface area (Å²) in [6, 6.07) is 12.2. The summed E-state index contributed by atoms with van der Waals surface area (Å²) >= 11 is 0. The van der Waals surface area contributed by atoms with Crippen molar-refractivity contribution in [1.82, 2.24) is 4.98 Å². The van der Waals surface area contributed by atoms with Gasteiger partial charge in [0.25, 0.3) is 5.91 Å². The molecule has 21 heavy (non-hydrogen) atoms. The highest BCUT2D eigenvalue weighted by molar-refractivity contribution is 5.94. The van der Waals surface area contributed by atoms with E-state index in [4.69, 9.17) is 5.73 Å². The average molecular weight is 283 g/mol. The van der Waals surface area contributed by atoms with E-state index in [0.717, 1.165) is 16.5 Å². The number of hydrogen-bond acceptors (Lipinski definition) is 2. The Balaban J connectivity index is 1.83. The molecule has 1 amide bonds. The van der Waals surface area contributed by atoms with Crippen LogP contribution >= 0.6 is 0 Å². The Labute approximate surface area is 120 Å². The number of rotatable bonds is 4. The van der Waals surface area contributed by atoms with E-state index < -0.39 is 11.7 Å². The SMILES string of the molecule is NC(=O)c1cc(NCc2cccc3[nH]ccc23)ccc1F. The van der Waals surface area contributed by atoms with Crippen LogP contribution in [0.25, 0.3) is 10.9 Å². The maximum atomic E-state index is 13.4. The van der Waals surface area contributed by atoms with Crippen LogP contribution in [0.1, 0.15) is 15.9 Å². The van der Waals surface area contributed by atoms with E-state index in [0.29, 0.717) is 12.2 Å². The summed E-state index contributed by atoms with van der Waals surface area (Å²) in [7, 11) is 0. The minimum atomic E-state index is -0.774. The molecule has 4 N–H and O–H groups in total. The molecular weight excluding hydrogens is 269 g/mol. The number of anilines is 1. The van der Waals surface area contributed by atoms with E-state index >= 15 is 0 Å². The Morgan fingerprint density at radius 3 is 2.90 bits per heavy atom. The first kappa shape index (κ1) is 13.2. The van der Waals surface area contributed by atoms with E-state index in [-0.39, 0.29) is 5.56 Å². The van der Waals surface area contributed by atoms with E-state index in [2.05, 4.69) is 10.3 Å². The van der Waals surface area contributed by atoms with E-state index in [9.17, 15) is 9.18 Å². The zero-order valence-electron chi connectivity index (χ0n) is 11.2. The lowest BCUT2D eigenvalue weighted by molar-refractivity contribution is 0.0996. The van der Waals surface area contributed by atoms with Crippen molar-refractivity contribution in [2.45, 2.75) is 6.54 Å². The summed E-state index contributed by atoms with van der Waals surface area (Å²) < 4.78 is 13.4. The van der Waals surface area contributed by atoms with Gasteiger partial charge in [0.2, 0.25) is 0 Å². The monoisotopic (exact) mass is 283 g/mol. The third-order valence-corrected chi connectivity index (χ3v) is 3.40. The molecule has 0 atom stereocenters. The molecule has 0 bridgehead atoms. The predicted molar refractivity (Wildman–Crippen MR) is 80.5 cm³/mol. The highest BCUT2D eigenvalue weighted by Crippen LogP contribution is 2.20. The predicted octanol–water partition coefficient (Wildman–Crippen LogP) is 3.02. The zero-order valence-corrected chi connectivity index (χ0v) is 11.2. The molecule has 3 rings (SSSR count). The van der Waals surface area contributed by atoms with Crippen molar-refractivity contribution in [3.05, 3.63) is 65.6 Å². The van der Waals surface area contributed by atoms with Gasteiger partial charge < -0.3 is 16.0 Å². The second kappa shape index (κ2) is 5.28. The first-order valence-corrected chi connectivity index (χ1v) is 6.53. The minimum Gasteiger partial charge on any atom is -0.381 e. The van der Waals surface area contributed by atoms with Crippen LogP contribution in [0.3, 0.4) is 0 Å². The summed E-state index contributed by atoms with van der Waals surface area (Å²) in [4.78, 5) is 14.3. The van der Waals surface area contributed by atoms with Gasteiger partial charge in [0.05, 0.1) is 5.56 Å². The number of carbonyl (C=O) groups is 1. The van der Waals surface area contributed by atoms with Crippen LogP contribution in [-0.2, 0) is 6.54 Å². The van der Waals surface area contributed by atoms with Gasteiger partial charge in [0.15, 0.2) is 0 Å². The van der Waals surface area contributed by atoms with Crippen molar-refractivity contribution in [2.75, 3.05) is 5.32 Å². The van der Waals surface area contributed by atoms with Crippen molar-refractivity contribution in [1.29, 1.82) is 0 Å². The van der Waals surface area contributed by atoms with Gasteiger partial charge in [-0.2, -0.15) is 0 Å². The lowest BCUT2D eigenvalue weighted by atomic mass is 10.1. The molecule has 1 heterocycles. The molecular formula is C16H14FN3O. The van der Waals surface area contributed by atoms with Gasteiger partial charge in [-0.3, -0.25) is 4.79 Å². The number of benzene rings is 2. The first-order chi connectivity index (χ1) is 10.1. The number of H-pyrrole nitrogens is 1. The highest BCUT2D eigenvalue weighted by Gasteiger charge is 2.09. The number of fused-ring (bicyclic) bond motifs is 1. The van der Waals surface area contributed by atoms with E-state index in [1.807, 2.05) is 30.5 Å². The van der Waals surface area contributed by atoms with Gasteiger partial charge in [0, 0.05) is 29.3 Å². The van der Waals surface area contributed by atoms with Crippen LogP contribution < -0.4 is 11.1 Å². The molecule has 0 radical (unpaired) electrons. The Morgan fingerprint density at radius 2 is 2.10 bits per heavy atom. The molecule has 0 aliphatic rings. The molecule has 2 aromatic carbocycles. The third-order valence-electron chi connectivity index (χ3n) is 3.40. The van der Waals surface area contributed by atoms with Gasteiger partial charge >= 0.3 is 0 Å². The molecule has 5 heteroatoms. The van der Waals surface area contributed by atoms with Crippen LogP contribution in [0.2, 0.25) is 0 Å². The maximum absolute atomic E-state index is 13.4. The van der Waals surface area contributed by atoms with Crippen molar-refractivity contribution < 1.29 is 9.18 Å². The zero-order chi connectivity index (χ0) is 14.8. The number of aromatic amines is 1. The molecule has 0 aliphatic heterocycles. The number of primary amides is 1. The second-order valence-corrected chi connectivity index (χ2v) is 4.77. The largest absolute Gasteiger partial charge is 0.381 e. The molecule has 3 aromatic rings. The molecule has 106 valence electrons. The van der Waals surface area contributed by atoms with Crippen LogP contribution in [0.5, 0.6) is 0 Å². The van der Waals surface area contributed by atoms with Crippen molar-refractivity contribution in [3.63, 3.8) is 0 Å². The van der Waals surface area contributed by atoms with Gasteiger partial charge in [0.1, 0.15) is 5.82 Å². The molecule has 0 fully saturated rings. The van der Waals surface area contributed by atoms with Crippen LogP contribution in [0, 0.1) is 5.82 Å². The normalized spacial score (nSPS) is 10.7. The van der Waals surface area contributed by atoms with E-state index in [1.165, 1.54) is 12.1 Å². The third kappa shape index (κ3) is 2.58. The van der Waals surface area contributed by atoms with Crippen LogP contribution in [0.4, 0.5) is 10.1 Å². The van der Waals surface area contributed by atoms with Crippen molar-refractivity contribution >= 4 is 22.5 Å². The Bertz CT molecular complexity index is 810. The fraction of sp³-hybridized carbons (Fsp3) is 0.0625.